The Morgan fingerprint density at radius 2 is 2.47 bits per heavy atom. The van der Waals surface area contributed by atoms with Gasteiger partial charge in [0.2, 0.25) is 0 Å². The summed E-state index contributed by atoms with van der Waals surface area (Å²) in [6.07, 6.45) is 3.35. The van der Waals surface area contributed by atoms with Gasteiger partial charge in [-0.2, -0.15) is 0 Å². The highest BCUT2D eigenvalue weighted by atomic mass is 32.1. The SMILES string of the molecule is Cc1cc(OCC2CCCCO2)c(C(=O)O)s1. The van der Waals surface area contributed by atoms with Crippen molar-refractivity contribution in [3.05, 3.63) is 15.8 Å². The quantitative estimate of drug-likeness (QED) is 0.900. The summed E-state index contributed by atoms with van der Waals surface area (Å²) >= 11 is 1.24. The van der Waals surface area contributed by atoms with E-state index in [0.29, 0.717) is 12.4 Å². The second-order valence-electron chi connectivity index (χ2n) is 4.16. The Bertz CT molecular complexity index is 393. The second kappa shape index (κ2) is 5.51. The minimum atomic E-state index is -0.928. The molecule has 1 aliphatic heterocycles. The molecule has 94 valence electrons. The van der Waals surface area contributed by atoms with Gasteiger partial charge in [-0.15, -0.1) is 11.3 Å². The number of carbonyl (C=O) groups is 1. The van der Waals surface area contributed by atoms with Gasteiger partial charge in [-0.25, -0.2) is 4.79 Å². The third-order valence-corrected chi connectivity index (χ3v) is 3.73. The fraction of sp³-hybridized carbons (Fsp3) is 0.583. The highest BCUT2D eigenvalue weighted by Gasteiger charge is 2.18. The first kappa shape index (κ1) is 12.4. The summed E-state index contributed by atoms with van der Waals surface area (Å²) in [6, 6.07) is 1.77. The molecule has 0 spiro atoms. The molecule has 1 fully saturated rings. The number of rotatable bonds is 4. The highest BCUT2D eigenvalue weighted by molar-refractivity contribution is 7.14. The number of hydrogen-bond donors (Lipinski definition) is 1. The van der Waals surface area contributed by atoms with Crippen LogP contribution in [0.5, 0.6) is 5.75 Å². The first-order valence-corrected chi connectivity index (χ1v) is 6.56. The molecule has 0 saturated carbocycles. The Morgan fingerprint density at radius 3 is 3.12 bits per heavy atom. The zero-order chi connectivity index (χ0) is 12.3. The fourth-order valence-electron chi connectivity index (χ4n) is 1.87. The molecule has 17 heavy (non-hydrogen) atoms. The monoisotopic (exact) mass is 256 g/mol. The van der Waals surface area contributed by atoms with Gasteiger partial charge < -0.3 is 14.6 Å². The van der Waals surface area contributed by atoms with Gasteiger partial charge in [-0.05, 0) is 32.3 Å². The van der Waals surface area contributed by atoms with E-state index in [1.54, 1.807) is 6.07 Å². The van der Waals surface area contributed by atoms with Gasteiger partial charge in [0, 0.05) is 11.5 Å². The van der Waals surface area contributed by atoms with Crippen molar-refractivity contribution < 1.29 is 19.4 Å². The van der Waals surface area contributed by atoms with Crippen molar-refractivity contribution in [1.29, 1.82) is 0 Å². The molecule has 0 amide bonds. The average molecular weight is 256 g/mol. The van der Waals surface area contributed by atoms with Crippen LogP contribution in [0.25, 0.3) is 0 Å². The van der Waals surface area contributed by atoms with Crippen molar-refractivity contribution in [1.82, 2.24) is 0 Å². The lowest BCUT2D eigenvalue weighted by atomic mass is 10.1. The van der Waals surface area contributed by atoms with Crippen LogP contribution in [0.3, 0.4) is 0 Å². The van der Waals surface area contributed by atoms with Crippen molar-refractivity contribution >= 4 is 17.3 Å². The number of ether oxygens (including phenoxy) is 2. The van der Waals surface area contributed by atoms with Crippen LogP contribution in [0.2, 0.25) is 0 Å². The largest absolute Gasteiger partial charge is 0.489 e. The molecule has 1 unspecified atom stereocenters. The maximum atomic E-state index is 11.0. The van der Waals surface area contributed by atoms with Gasteiger partial charge in [-0.1, -0.05) is 0 Å². The molecule has 1 aliphatic rings. The Kier molecular flexibility index (Phi) is 4.02. The molecule has 0 aliphatic carbocycles. The summed E-state index contributed by atoms with van der Waals surface area (Å²) in [7, 11) is 0. The number of hydrogen-bond acceptors (Lipinski definition) is 4. The molecule has 0 aromatic carbocycles. The van der Waals surface area contributed by atoms with Gasteiger partial charge in [0.05, 0.1) is 6.10 Å². The lowest BCUT2D eigenvalue weighted by molar-refractivity contribution is -0.0112. The lowest BCUT2D eigenvalue weighted by Crippen LogP contribution is -2.26. The molecule has 1 aromatic rings. The Hall–Kier alpha value is -1.07. The van der Waals surface area contributed by atoms with E-state index in [2.05, 4.69) is 0 Å². The van der Waals surface area contributed by atoms with Gasteiger partial charge in [0.25, 0.3) is 0 Å². The van der Waals surface area contributed by atoms with E-state index in [0.717, 1.165) is 30.7 Å². The summed E-state index contributed by atoms with van der Waals surface area (Å²) in [5, 5.41) is 9.02. The molecular weight excluding hydrogens is 240 g/mol. The highest BCUT2D eigenvalue weighted by Crippen LogP contribution is 2.29. The van der Waals surface area contributed by atoms with Crippen molar-refractivity contribution in [2.75, 3.05) is 13.2 Å². The van der Waals surface area contributed by atoms with Gasteiger partial charge in [0.15, 0.2) is 4.88 Å². The number of carboxylic acid groups (broad SMARTS) is 1. The van der Waals surface area contributed by atoms with Crippen LogP contribution in [-0.4, -0.2) is 30.4 Å². The second-order valence-corrected chi connectivity index (χ2v) is 5.41. The summed E-state index contributed by atoms with van der Waals surface area (Å²) in [5.41, 5.74) is 0. The van der Waals surface area contributed by atoms with Gasteiger partial charge in [0.1, 0.15) is 12.4 Å². The van der Waals surface area contributed by atoms with E-state index in [1.165, 1.54) is 11.3 Å². The summed E-state index contributed by atoms with van der Waals surface area (Å²) in [6.45, 7) is 3.10. The Labute approximate surface area is 104 Å². The zero-order valence-electron chi connectivity index (χ0n) is 9.77. The van der Waals surface area contributed by atoms with Crippen LogP contribution >= 0.6 is 11.3 Å². The fourth-order valence-corrected chi connectivity index (χ4v) is 2.66. The lowest BCUT2D eigenvalue weighted by Gasteiger charge is -2.22. The molecule has 2 rings (SSSR count). The standard InChI is InChI=1S/C12H16O4S/c1-8-6-10(11(17-8)12(13)14)16-7-9-4-2-3-5-15-9/h6,9H,2-5,7H2,1H3,(H,13,14). The Balaban J connectivity index is 1.95. The van der Waals surface area contributed by atoms with E-state index in [-0.39, 0.29) is 11.0 Å². The number of carboxylic acids is 1. The van der Waals surface area contributed by atoms with Crippen LogP contribution in [0.1, 0.15) is 33.8 Å². The maximum Gasteiger partial charge on any atom is 0.349 e. The maximum absolute atomic E-state index is 11.0. The molecular formula is C12H16O4S. The summed E-state index contributed by atoms with van der Waals surface area (Å²) < 4.78 is 11.1. The molecule has 5 heteroatoms. The van der Waals surface area contributed by atoms with Crippen LogP contribution in [0, 0.1) is 6.92 Å². The van der Waals surface area contributed by atoms with E-state index in [4.69, 9.17) is 14.6 Å². The minimum Gasteiger partial charge on any atom is -0.489 e. The molecule has 1 saturated heterocycles. The number of aryl methyl sites for hydroxylation is 1. The predicted octanol–water partition coefficient (Wildman–Crippen LogP) is 2.70. The van der Waals surface area contributed by atoms with Crippen LogP contribution in [-0.2, 0) is 4.74 Å². The summed E-state index contributed by atoms with van der Waals surface area (Å²) in [4.78, 5) is 12.2. The van der Waals surface area contributed by atoms with Gasteiger partial charge in [-0.3, -0.25) is 0 Å². The van der Waals surface area contributed by atoms with Crippen molar-refractivity contribution in [3.63, 3.8) is 0 Å². The van der Waals surface area contributed by atoms with E-state index in [1.807, 2.05) is 6.92 Å². The smallest absolute Gasteiger partial charge is 0.349 e. The molecule has 1 aromatic heterocycles. The molecule has 4 nitrogen and oxygen atoms in total. The van der Waals surface area contributed by atoms with Crippen LogP contribution in [0.15, 0.2) is 6.07 Å². The number of thiophene rings is 1. The molecule has 0 radical (unpaired) electrons. The van der Waals surface area contributed by atoms with E-state index >= 15 is 0 Å². The molecule has 0 bridgehead atoms. The van der Waals surface area contributed by atoms with Crippen LogP contribution < -0.4 is 4.74 Å². The zero-order valence-corrected chi connectivity index (χ0v) is 10.6. The normalized spacial score (nSPS) is 20.2. The Morgan fingerprint density at radius 1 is 1.65 bits per heavy atom. The van der Waals surface area contributed by atoms with E-state index in [9.17, 15) is 4.79 Å². The first-order valence-electron chi connectivity index (χ1n) is 5.75. The molecule has 1 N–H and O–H groups in total. The third kappa shape index (κ3) is 3.20. The van der Waals surface area contributed by atoms with Crippen molar-refractivity contribution in [3.8, 4) is 5.75 Å². The molecule has 2 heterocycles. The third-order valence-electron chi connectivity index (χ3n) is 2.71. The van der Waals surface area contributed by atoms with Crippen molar-refractivity contribution in [2.45, 2.75) is 32.3 Å². The minimum absolute atomic E-state index is 0.102. The first-order chi connectivity index (χ1) is 8.16. The van der Waals surface area contributed by atoms with Crippen molar-refractivity contribution in [2.24, 2.45) is 0 Å². The van der Waals surface area contributed by atoms with Crippen LogP contribution in [0.4, 0.5) is 0 Å². The topological polar surface area (TPSA) is 55.8 Å². The molecule has 1 atom stereocenters. The van der Waals surface area contributed by atoms with Gasteiger partial charge >= 0.3 is 5.97 Å². The average Bonchev–Trinajstić information content (AvgIpc) is 2.69. The van der Waals surface area contributed by atoms with E-state index < -0.39 is 5.97 Å². The summed E-state index contributed by atoms with van der Waals surface area (Å²) in [5.74, 6) is -0.461. The number of aromatic carboxylic acids is 1. The predicted molar refractivity (Wildman–Crippen MR) is 65.1 cm³/mol.